The van der Waals surface area contributed by atoms with Gasteiger partial charge in [-0.15, -0.1) is 11.3 Å². The van der Waals surface area contributed by atoms with Gasteiger partial charge in [0, 0.05) is 24.0 Å². The van der Waals surface area contributed by atoms with Crippen LogP contribution in [0, 0.1) is 17.0 Å². The van der Waals surface area contributed by atoms with Crippen LogP contribution in [0.5, 0.6) is 0 Å². The highest BCUT2D eigenvalue weighted by Crippen LogP contribution is 2.32. The summed E-state index contributed by atoms with van der Waals surface area (Å²) in [6.45, 7) is 1.67. The molecule has 0 saturated carbocycles. The molecule has 3 rings (SSSR count). The Balaban J connectivity index is 1.83. The highest BCUT2D eigenvalue weighted by atomic mass is 32.1. The lowest BCUT2D eigenvalue weighted by Crippen LogP contribution is -2.33. The summed E-state index contributed by atoms with van der Waals surface area (Å²) < 4.78 is 26.5. The summed E-state index contributed by atoms with van der Waals surface area (Å²) in [5.74, 6) is -1.51. The number of nitrogens with zero attached hydrogens (tertiary/aromatic N) is 3. The topological polar surface area (TPSA) is 63.5 Å². The van der Waals surface area contributed by atoms with Gasteiger partial charge in [0.1, 0.15) is 16.6 Å². The number of aromatic nitrogens is 1. The molecule has 0 radical (unpaired) electrons. The minimum absolute atomic E-state index is 0.106. The van der Waals surface area contributed by atoms with E-state index in [1.165, 1.54) is 17.4 Å². The summed E-state index contributed by atoms with van der Waals surface area (Å²) >= 11 is 1.26. The molecule has 2 N–H and O–H groups in total. The zero-order valence-corrected chi connectivity index (χ0v) is 14.7. The quantitative estimate of drug-likeness (QED) is 0.855. The molecule has 0 bridgehead atoms. The van der Waals surface area contributed by atoms with Gasteiger partial charge in [-0.3, -0.25) is 5.41 Å². The highest BCUT2D eigenvalue weighted by Gasteiger charge is 2.30. The Hall–Kier alpha value is -2.32. The second kappa shape index (κ2) is 6.89. The lowest BCUT2D eigenvalue weighted by molar-refractivity contribution is 0.313. The average Bonchev–Trinajstić information content (AvgIpc) is 3.13. The fourth-order valence-electron chi connectivity index (χ4n) is 2.55. The first kappa shape index (κ1) is 17.5. The van der Waals surface area contributed by atoms with E-state index in [-0.39, 0.29) is 18.1 Å². The molecule has 25 heavy (non-hydrogen) atoms. The molecule has 0 spiro atoms. The van der Waals surface area contributed by atoms with Crippen LogP contribution >= 0.6 is 11.3 Å². The maximum absolute atomic E-state index is 13.4. The van der Waals surface area contributed by atoms with Crippen LogP contribution in [-0.2, 0) is 0 Å². The Labute approximate surface area is 148 Å². The van der Waals surface area contributed by atoms with Crippen molar-refractivity contribution in [3.05, 3.63) is 46.0 Å². The van der Waals surface area contributed by atoms with E-state index in [0.717, 1.165) is 18.7 Å². The van der Waals surface area contributed by atoms with E-state index in [0.29, 0.717) is 28.4 Å². The first-order chi connectivity index (χ1) is 11.9. The third-order valence-corrected chi connectivity index (χ3v) is 4.79. The normalized spacial score (nSPS) is 14.9. The number of aliphatic hydroxyl groups is 1. The van der Waals surface area contributed by atoms with Crippen molar-refractivity contribution >= 4 is 22.7 Å². The van der Waals surface area contributed by atoms with Crippen LogP contribution < -0.4 is 0 Å². The summed E-state index contributed by atoms with van der Waals surface area (Å²) in [4.78, 5) is 8.19. The minimum Gasteiger partial charge on any atom is -0.510 e. The molecule has 1 aromatic heterocycles. The van der Waals surface area contributed by atoms with Crippen molar-refractivity contribution in [3.63, 3.8) is 0 Å². The number of likely N-dealkylation sites (N-methyl/N-ethyl adjacent to an activating group) is 1. The van der Waals surface area contributed by atoms with Crippen molar-refractivity contribution in [2.45, 2.75) is 0 Å². The van der Waals surface area contributed by atoms with Gasteiger partial charge in [0.2, 0.25) is 0 Å². The molecule has 0 aliphatic carbocycles. The van der Waals surface area contributed by atoms with E-state index in [1.807, 2.05) is 19.0 Å². The second-order valence-corrected chi connectivity index (χ2v) is 6.92. The SMILES string of the molecule is CN(C)CCN1CC(O)=C(c2nc(-c3ccc(F)c(F)c3)cs2)C1=N. The van der Waals surface area contributed by atoms with Crippen molar-refractivity contribution in [1.82, 2.24) is 14.8 Å². The number of halogens is 2. The highest BCUT2D eigenvalue weighted by molar-refractivity contribution is 7.11. The molecular formula is C17H18F2N4OS. The number of nitrogens with one attached hydrogen (secondary N) is 1. The molecule has 132 valence electrons. The zero-order chi connectivity index (χ0) is 18.1. The van der Waals surface area contributed by atoms with Crippen LogP contribution in [-0.4, -0.2) is 59.5 Å². The maximum Gasteiger partial charge on any atom is 0.159 e. The minimum atomic E-state index is -0.933. The Morgan fingerprint density at radius 1 is 1.32 bits per heavy atom. The molecule has 2 aromatic rings. The standard InChI is InChI=1S/C17H18F2N4OS/c1-22(2)5-6-23-8-14(24)15(16(23)20)17-21-13(9-25-17)10-3-4-11(18)12(19)7-10/h3-4,7,9,20,24H,5-6,8H2,1-2H3. The first-order valence-corrected chi connectivity index (χ1v) is 8.57. The van der Waals surface area contributed by atoms with Gasteiger partial charge in [-0.2, -0.15) is 0 Å². The van der Waals surface area contributed by atoms with E-state index >= 15 is 0 Å². The van der Waals surface area contributed by atoms with Crippen LogP contribution in [0.3, 0.4) is 0 Å². The zero-order valence-electron chi connectivity index (χ0n) is 13.9. The number of hydrogen-bond donors (Lipinski definition) is 2. The van der Waals surface area contributed by atoms with Crippen LogP contribution in [0.2, 0.25) is 0 Å². The van der Waals surface area contributed by atoms with Gasteiger partial charge in [0.25, 0.3) is 0 Å². The molecule has 0 fully saturated rings. The van der Waals surface area contributed by atoms with Crippen LogP contribution in [0.4, 0.5) is 8.78 Å². The summed E-state index contributed by atoms with van der Waals surface area (Å²) in [6, 6.07) is 3.60. The van der Waals surface area contributed by atoms with Crippen molar-refractivity contribution in [3.8, 4) is 11.3 Å². The third-order valence-electron chi connectivity index (χ3n) is 3.93. The van der Waals surface area contributed by atoms with Crippen molar-refractivity contribution in [1.29, 1.82) is 5.41 Å². The first-order valence-electron chi connectivity index (χ1n) is 7.69. The number of aliphatic hydroxyl groups excluding tert-OH is 1. The van der Waals surface area contributed by atoms with Gasteiger partial charge in [-0.1, -0.05) is 0 Å². The van der Waals surface area contributed by atoms with Crippen molar-refractivity contribution in [2.24, 2.45) is 0 Å². The van der Waals surface area contributed by atoms with Gasteiger partial charge in [-0.05, 0) is 32.3 Å². The molecule has 0 atom stereocenters. The second-order valence-electron chi connectivity index (χ2n) is 6.06. The number of thiazole rings is 1. The number of amidine groups is 1. The Bertz CT molecular complexity index is 847. The van der Waals surface area contributed by atoms with Gasteiger partial charge in [0.15, 0.2) is 11.6 Å². The number of hydrogen-bond acceptors (Lipinski definition) is 5. The van der Waals surface area contributed by atoms with Gasteiger partial charge < -0.3 is 14.9 Å². The molecule has 1 aliphatic rings. The molecule has 0 amide bonds. The summed E-state index contributed by atoms with van der Waals surface area (Å²) in [5, 5.41) is 20.7. The van der Waals surface area contributed by atoms with Gasteiger partial charge in [-0.25, -0.2) is 13.8 Å². The molecule has 8 heteroatoms. The monoisotopic (exact) mass is 364 g/mol. The third kappa shape index (κ3) is 3.54. The molecule has 1 aliphatic heterocycles. The Morgan fingerprint density at radius 2 is 2.08 bits per heavy atom. The lowest BCUT2D eigenvalue weighted by atomic mass is 10.1. The molecule has 0 unspecified atom stereocenters. The van der Waals surface area contributed by atoms with E-state index in [9.17, 15) is 13.9 Å². The Kier molecular flexibility index (Phi) is 4.82. The largest absolute Gasteiger partial charge is 0.510 e. The predicted molar refractivity (Wildman–Crippen MR) is 94.9 cm³/mol. The number of rotatable bonds is 5. The Morgan fingerprint density at radius 3 is 2.76 bits per heavy atom. The number of benzene rings is 1. The molecule has 0 saturated heterocycles. The van der Waals surface area contributed by atoms with E-state index in [2.05, 4.69) is 4.98 Å². The fraction of sp³-hybridized carbons (Fsp3) is 0.294. The maximum atomic E-state index is 13.4. The fourth-order valence-corrected chi connectivity index (χ4v) is 3.44. The van der Waals surface area contributed by atoms with E-state index in [1.54, 1.807) is 10.3 Å². The van der Waals surface area contributed by atoms with Crippen LogP contribution in [0.1, 0.15) is 5.01 Å². The average molecular weight is 364 g/mol. The smallest absolute Gasteiger partial charge is 0.159 e. The summed E-state index contributed by atoms with van der Waals surface area (Å²) in [6.07, 6.45) is 0. The molecular weight excluding hydrogens is 346 g/mol. The predicted octanol–water partition coefficient (Wildman–Crippen LogP) is 3.21. The molecule has 2 heterocycles. The van der Waals surface area contributed by atoms with Crippen molar-refractivity contribution < 1.29 is 13.9 Å². The van der Waals surface area contributed by atoms with E-state index < -0.39 is 11.6 Å². The van der Waals surface area contributed by atoms with Crippen LogP contribution in [0.25, 0.3) is 16.8 Å². The summed E-state index contributed by atoms with van der Waals surface area (Å²) in [5.41, 5.74) is 1.34. The van der Waals surface area contributed by atoms with Crippen molar-refractivity contribution in [2.75, 3.05) is 33.7 Å². The van der Waals surface area contributed by atoms with Crippen LogP contribution in [0.15, 0.2) is 29.3 Å². The summed E-state index contributed by atoms with van der Waals surface area (Å²) in [7, 11) is 3.89. The molecule has 5 nitrogen and oxygen atoms in total. The van der Waals surface area contributed by atoms with E-state index in [4.69, 9.17) is 5.41 Å². The lowest BCUT2D eigenvalue weighted by Gasteiger charge is -2.20. The van der Waals surface area contributed by atoms with Gasteiger partial charge >= 0.3 is 0 Å². The molecule has 1 aromatic carbocycles. The van der Waals surface area contributed by atoms with Gasteiger partial charge in [0.05, 0.1) is 17.8 Å².